The van der Waals surface area contributed by atoms with Crippen LogP contribution in [0.25, 0.3) is 16.5 Å². The van der Waals surface area contributed by atoms with Gasteiger partial charge in [0.25, 0.3) is 11.5 Å². The van der Waals surface area contributed by atoms with Gasteiger partial charge in [-0.25, -0.2) is 4.79 Å². The molecule has 0 fully saturated rings. The maximum Gasteiger partial charge on any atom is 0.417 e. The molecule has 2 heterocycles. The molecule has 0 unspecified atom stereocenters. The standard InChI is InChI=1S/C24H18F3N3O5S/c1-3-35-23(33)19-16-12-36-21(28-20(31)15-6-4-5-7-17(15)24(25,26)27)18(16)22(32)30(29-19)13-8-10-14(34-2)11-9-13/h4-12H,3H2,1-2H3,(H,28,31). The number of anilines is 1. The first-order valence-electron chi connectivity index (χ1n) is 10.5. The summed E-state index contributed by atoms with van der Waals surface area (Å²) < 4.78 is 51.4. The summed E-state index contributed by atoms with van der Waals surface area (Å²) in [5, 5.41) is 7.97. The third-order valence-corrected chi connectivity index (χ3v) is 6.04. The molecule has 0 saturated heterocycles. The lowest BCUT2D eigenvalue weighted by molar-refractivity contribution is -0.137. The highest BCUT2D eigenvalue weighted by molar-refractivity contribution is 7.16. The van der Waals surface area contributed by atoms with Gasteiger partial charge in [0.05, 0.1) is 35.9 Å². The minimum absolute atomic E-state index is 0.0350. The lowest BCUT2D eigenvalue weighted by atomic mass is 10.1. The Balaban J connectivity index is 1.87. The van der Waals surface area contributed by atoms with E-state index in [4.69, 9.17) is 9.47 Å². The molecule has 0 bridgehead atoms. The molecule has 4 aromatic rings. The Morgan fingerprint density at radius 2 is 1.81 bits per heavy atom. The number of hydrogen-bond acceptors (Lipinski definition) is 7. The van der Waals surface area contributed by atoms with Gasteiger partial charge in [0.2, 0.25) is 0 Å². The van der Waals surface area contributed by atoms with Crippen LogP contribution in [0, 0.1) is 0 Å². The molecular weight excluding hydrogens is 499 g/mol. The van der Waals surface area contributed by atoms with Crippen molar-refractivity contribution in [3.8, 4) is 11.4 Å². The number of amides is 1. The lowest BCUT2D eigenvalue weighted by Crippen LogP contribution is -2.26. The Morgan fingerprint density at radius 3 is 2.44 bits per heavy atom. The second-order valence-corrected chi connectivity index (χ2v) is 8.21. The molecule has 0 aliphatic rings. The number of halogens is 3. The van der Waals surface area contributed by atoms with Crippen LogP contribution < -0.4 is 15.6 Å². The average molecular weight is 517 g/mol. The first-order chi connectivity index (χ1) is 17.2. The summed E-state index contributed by atoms with van der Waals surface area (Å²) in [5.74, 6) is -1.34. The van der Waals surface area contributed by atoms with Gasteiger partial charge < -0.3 is 14.8 Å². The van der Waals surface area contributed by atoms with Crippen LogP contribution >= 0.6 is 11.3 Å². The number of nitrogens with one attached hydrogen (secondary N) is 1. The Morgan fingerprint density at radius 1 is 1.11 bits per heavy atom. The molecule has 1 amide bonds. The van der Waals surface area contributed by atoms with Crippen LogP contribution in [0.15, 0.2) is 58.7 Å². The number of nitrogens with zero attached hydrogens (tertiary/aromatic N) is 2. The quantitative estimate of drug-likeness (QED) is 0.365. The van der Waals surface area contributed by atoms with Crippen molar-refractivity contribution in [3.05, 3.63) is 81.1 Å². The largest absolute Gasteiger partial charge is 0.497 e. The van der Waals surface area contributed by atoms with E-state index in [1.165, 1.54) is 36.8 Å². The van der Waals surface area contributed by atoms with Gasteiger partial charge in [-0.15, -0.1) is 11.3 Å². The number of thiophene rings is 1. The Bertz CT molecular complexity index is 1510. The van der Waals surface area contributed by atoms with Crippen molar-refractivity contribution in [2.24, 2.45) is 0 Å². The molecule has 2 aromatic heterocycles. The van der Waals surface area contributed by atoms with Gasteiger partial charge in [0, 0.05) is 10.8 Å². The van der Waals surface area contributed by atoms with E-state index in [0.29, 0.717) is 11.4 Å². The summed E-state index contributed by atoms with van der Waals surface area (Å²) in [5.41, 5.74) is -2.31. The summed E-state index contributed by atoms with van der Waals surface area (Å²) in [6.45, 7) is 1.65. The zero-order chi connectivity index (χ0) is 26.0. The highest BCUT2D eigenvalue weighted by Crippen LogP contribution is 2.34. The number of hydrogen-bond donors (Lipinski definition) is 1. The molecule has 186 valence electrons. The van der Waals surface area contributed by atoms with Crippen LogP contribution in [-0.4, -0.2) is 35.4 Å². The number of carbonyl (C=O) groups excluding carboxylic acids is 2. The van der Waals surface area contributed by atoms with E-state index in [0.717, 1.165) is 28.2 Å². The van der Waals surface area contributed by atoms with E-state index in [9.17, 15) is 27.6 Å². The maximum absolute atomic E-state index is 13.4. The Labute approximate surface area is 205 Å². The molecule has 0 radical (unpaired) electrons. The summed E-state index contributed by atoms with van der Waals surface area (Å²) in [4.78, 5) is 38.9. The van der Waals surface area contributed by atoms with Gasteiger partial charge in [-0.2, -0.15) is 23.0 Å². The SMILES string of the molecule is CCOC(=O)c1nn(-c2ccc(OC)cc2)c(=O)c2c(NC(=O)c3ccccc3C(F)(F)F)scc12. The first kappa shape index (κ1) is 24.9. The fourth-order valence-electron chi connectivity index (χ4n) is 3.49. The van der Waals surface area contributed by atoms with Crippen molar-refractivity contribution in [2.75, 3.05) is 19.0 Å². The summed E-state index contributed by atoms with van der Waals surface area (Å²) in [6, 6.07) is 10.6. The van der Waals surface area contributed by atoms with Crippen LogP contribution in [0.4, 0.5) is 18.2 Å². The van der Waals surface area contributed by atoms with Crippen LogP contribution in [-0.2, 0) is 10.9 Å². The monoisotopic (exact) mass is 517 g/mol. The number of rotatable bonds is 6. The predicted molar refractivity (Wildman–Crippen MR) is 127 cm³/mol. The number of alkyl halides is 3. The number of benzene rings is 2. The minimum Gasteiger partial charge on any atom is -0.497 e. The molecule has 2 aromatic carbocycles. The molecule has 12 heteroatoms. The minimum atomic E-state index is -4.76. The van der Waals surface area contributed by atoms with Crippen molar-refractivity contribution in [1.82, 2.24) is 9.78 Å². The summed E-state index contributed by atoms with van der Waals surface area (Å²) in [7, 11) is 1.47. The van der Waals surface area contributed by atoms with E-state index in [-0.39, 0.29) is 28.1 Å². The number of aromatic nitrogens is 2. The normalized spacial score (nSPS) is 11.4. The van der Waals surface area contributed by atoms with Crippen molar-refractivity contribution in [1.29, 1.82) is 0 Å². The second-order valence-electron chi connectivity index (χ2n) is 7.34. The first-order valence-corrected chi connectivity index (χ1v) is 11.4. The van der Waals surface area contributed by atoms with Crippen molar-refractivity contribution >= 4 is 39.0 Å². The lowest BCUT2D eigenvalue weighted by Gasteiger charge is -2.13. The number of carbonyl (C=O) groups is 2. The zero-order valence-electron chi connectivity index (χ0n) is 18.9. The van der Waals surface area contributed by atoms with Crippen LogP contribution in [0.2, 0.25) is 0 Å². The van der Waals surface area contributed by atoms with E-state index in [2.05, 4.69) is 10.4 Å². The third kappa shape index (κ3) is 4.67. The molecule has 1 N–H and O–H groups in total. The van der Waals surface area contributed by atoms with Crippen LogP contribution in [0.5, 0.6) is 5.75 Å². The Hall–Kier alpha value is -4.19. The molecule has 0 spiro atoms. The predicted octanol–water partition coefficient (Wildman–Crippen LogP) is 4.90. The van der Waals surface area contributed by atoms with E-state index in [1.807, 2.05) is 0 Å². The van der Waals surface area contributed by atoms with Crippen LogP contribution in [0.1, 0.15) is 33.3 Å². The van der Waals surface area contributed by atoms with Gasteiger partial charge >= 0.3 is 12.1 Å². The number of ether oxygens (including phenoxy) is 2. The molecule has 8 nitrogen and oxygen atoms in total. The molecule has 0 aliphatic heterocycles. The van der Waals surface area contributed by atoms with E-state index in [1.54, 1.807) is 19.1 Å². The van der Waals surface area contributed by atoms with Gasteiger partial charge in [-0.05, 0) is 43.3 Å². The highest BCUT2D eigenvalue weighted by Gasteiger charge is 2.35. The Kier molecular flexibility index (Phi) is 6.80. The number of fused-ring (bicyclic) bond motifs is 1. The fourth-order valence-corrected chi connectivity index (χ4v) is 4.42. The zero-order valence-corrected chi connectivity index (χ0v) is 19.7. The molecular formula is C24H18F3N3O5S. The van der Waals surface area contributed by atoms with Crippen molar-refractivity contribution < 1.29 is 32.2 Å². The molecule has 0 saturated carbocycles. The third-order valence-electron chi connectivity index (χ3n) is 5.14. The van der Waals surface area contributed by atoms with Gasteiger partial charge in [-0.1, -0.05) is 12.1 Å². The molecule has 36 heavy (non-hydrogen) atoms. The number of esters is 1. The molecule has 4 rings (SSSR count). The summed E-state index contributed by atoms with van der Waals surface area (Å²) >= 11 is 0.879. The fraction of sp³-hybridized carbons (Fsp3) is 0.167. The molecule has 0 aliphatic carbocycles. The van der Waals surface area contributed by atoms with Crippen molar-refractivity contribution in [3.63, 3.8) is 0 Å². The molecule has 0 atom stereocenters. The van der Waals surface area contributed by atoms with Gasteiger partial charge in [-0.3, -0.25) is 9.59 Å². The van der Waals surface area contributed by atoms with E-state index < -0.39 is 34.7 Å². The average Bonchev–Trinajstić information content (AvgIpc) is 3.28. The van der Waals surface area contributed by atoms with E-state index >= 15 is 0 Å². The topological polar surface area (TPSA) is 99.5 Å². The van der Waals surface area contributed by atoms with Gasteiger partial charge in [0.1, 0.15) is 10.8 Å². The van der Waals surface area contributed by atoms with Crippen molar-refractivity contribution in [2.45, 2.75) is 13.1 Å². The second kappa shape index (κ2) is 9.82. The smallest absolute Gasteiger partial charge is 0.417 e. The summed E-state index contributed by atoms with van der Waals surface area (Å²) in [6.07, 6.45) is -4.76. The van der Waals surface area contributed by atoms with Crippen LogP contribution in [0.3, 0.4) is 0 Å². The number of methoxy groups -OCH3 is 1. The van der Waals surface area contributed by atoms with Gasteiger partial charge in [0.15, 0.2) is 5.69 Å². The maximum atomic E-state index is 13.4. The highest BCUT2D eigenvalue weighted by atomic mass is 32.1.